The predicted molar refractivity (Wildman–Crippen MR) is 59.4 cm³/mol. The maximum absolute atomic E-state index is 4.21. The molecule has 0 aromatic carbocycles. The molecule has 15 heavy (non-hydrogen) atoms. The van der Waals surface area contributed by atoms with Crippen molar-refractivity contribution < 1.29 is 0 Å². The van der Waals surface area contributed by atoms with Gasteiger partial charge in [0.2, 0.25) is 0 Å². The Labute approximate surface area is 91.2 Å². The third kappa shape index (κ3) is 4.38. The lowest BCUT2D eigenvalue weighted by molar-refractivity contribution is 0.435. The number of aryl methyl sites for hydroxylation is 1. The van der Waals surface area contributed by atoms with Gasteiger partial charge in [-0.2, -0.15) is 4.80 Å². The van der Waals surface area contributed by atoms with E-state index >= 15 is 0 Å². The Morgan fingerprint density at radius 1 is 1.40 bits per heavy atom. The van der Waals surface area contributed by atoms with Gasteiger partial charge in [0, 0.05) is 6.42 Å². The van der Waals surface area contributed by atoms with Crippen LogP contribution in [-0.2, 0) is 13.5 Å². The minimum atomic E-state index is 0.624. The van der Waals surface area contributed by atoms with Crippen LogP contribution in [-0.4, -0.2) is 33.3 Å². The van der Waals surface area contributed by atoms with Crippen LogP contribution in [0.2, 0.25) is 0 Å². The first-order valence-corrected chi connectivity index (χ1v) is 5.69. The number of rotatable bonds is 7. The number of aromatic nitrogens is 4. The van der Waals surface area contributed by atoms with Gasteiger partial charge < -0.3 is 5.32 Å². The molecular formula is C10H21N5. The summed E-state index contributed by atoms with van der Waals surface area (Å²) in [7, 11) is 1.80. The molecule has 0 saturated carbocycles. The fourth-order valence-electron chi connectivity index (χ4n) is 1.70. The smallest absolute Gasteiger partial charge is 0.175 e. The van der Waals surface area contributed by atoms with Crippen LogP contribution in [0.25, 0.3) is 0 Å². The van der Waals surface area contributed by atoms with E-state index < -0.39 is 0 Å². The summed E-state index contributed by atoms with van der Waals surface area (Å²) in [4.78, 5) is 1.52. The molecule has 0 aliphatic carbocycles. The number of hydrogen-bond acceptors (Lipinski definition) is 4. The van der Waals surface area contributed by atoms with E-state index in [0.29, 0.717) is 5.92 Å². The van der Waals surface area contributed by atoms with Crippen LogP contribution in [0.4, 0.5) is 0 Å². The van der Waals surface area contributed by atoms with Crippen molar-refractivity contribution in [1.29, 1.82) is 0 Å². The molecule has 1 atom stereocenters. The van der Waals surface area contributed by atoms with Crippen molar-refractivity contribution in [2.45, 2.75) is 33.1 Å². The molecule has 0 amide bonds. The summed E-state index contributed by atoms with van der Waals surface area (Å²) in [5, 5.41) is 15.5. The predicted octanol–water partition coefficient (Wildman–Crippen LogP) is 0.778. The van der Waals surface area contributed by atoms with Crippen LogP contribution in [0.3, 0.4) is 0 Å². The maximum atomic E-state index is 4.21. The fourth-order valence-corrected chi connectivity index (χ4v) is 1.70. The van der Waals surface area contributed by atoms with Gasteiger partial charge in [-0.05, 0) is 30.6 Å². The molecule has 1 N–H and O–H groups in total. The van der Waals surface area contributed by atoms with Gasteiger partial charge in [-0.1, -0.05) is 20.3 Å². The molecule has 0 spiro atoms. The molecule has 0 aliphatic heterocycles. The Kier molecular flexibility index (Phi) is 5.25. The van der Waals surface area contributed by atoms with Crippen LogP contribution < -0.4 is 5.32 Å². The fraction of sp³-hybridized carbons (Fsp3) is 0.900. The van der Waals surface area contributed by atoms with E-state index in [1.54, 1.807) is 7.05 Å². The second-order valence-electron chi connectivity index (χ2n) is 3.86. The molecule has 0 bridgehead atoms. The van der Waals surface area contributed by atoms with Crippen molar-refractivity contribution in [3.8, 4) is 0 Å². The highest BCUT2D eigenvalue weighted by molar-refractivity contribution is 4.81. The Morgan fingerprint density at radius 3 is 2.73 bits per heavy atom. The van der Waals surface area contributed by atoms with Crippen molar-refractivity contribution in [2.75, 3.05) is 13.1 Å². The van der Waals surface area contributed by atoms with Gasteiger partial charge in [0.15, 0.2) is 5.82 Å². The van der Waals surface area contributed by atoms with Gasteiger partial charge in [0.05, 0.1) is 7.05 Å². The largest absolute Gasteiger partial charge is 0.317 e. The van der Waals surface area contributed by atoms with E-state index in [0.717, 1.165) is 25.3 Å². The Hall–Kier alpha value is -0.970. The molecule has 1 unspecified atom stereocenters. The van der Waals surface area contributed by atoms with Crippen LogP contribution in [0.1, 0.15) is 32.5 Å². The number of hydrogen-bond donors (Lipinski definition) is 1. The minimum absolute atomic E-state index is 0.624. The van der Waals surface area contributed by atoms with E-state index in [-0.39, 0.29) is 0 Å². The molecule has 0 radical (unpaired) electrons. The number of nitrogens with one attached hydrogen (secondary N) is 1. The first-order valence-electron chi connectivity index (χ1n) is 5.69. The second kappa shape index (κ2) is 6.50. The van der Waals surface area contributed by atoms with Crippen LogP contribution >= 0.6 is 0 Å². The molecule has 1 rings (SSSR count). The standard InChI is InChI=1S/C10H21N5/c1-4-6-9(8-11-5-2)7-10-12-14-15(3)13-10/h9,11H,4-8H2,1-3H3. The van der Waals surface area contributed by atoms with E-state index in [1.165, 1.54) is 17.6 Å². The van der Waals surface area contributed by atoms with Crippen molar-refractivity contribution in [1.82, 2.24) is 25.5 Å². The quantitative estimate of drug-likeness (QED) is 0.724. The van der Waals surface area contributed by atoms with E-state index in [1.807, 2.05) is 0 Å². The summed E-state index contributed by atoms with van der Waals surface area (Å²) in [5.74, 6) is 1.48. The van der Waals surface area contributed by atoms with Gasteiger partial charge in [0.25, 0.3) is 0 Å². The van der Waals surface area contributed by atoms with Crippen molar-refractivity contribution in [3.05, 3.63) is 5.82 Å². The normalized spacial score (nSPS) is 13.0. The van der Waals surface area contributed by atoms with Crippen LogP contribution in [0.15, 0.2) is 0 Å². The van der Waals surface area contributed by atoms with E-state index in [2.05, 4.69) is 34.6 Å². The SMILES string of the molecule is CCCC(CNCC)Cc1nnn(C)n1. The Balaban J connectivity index is 2.42. The molecule has 5 nitrogen and oxygen atoms in total. The molecular weight excluding hydrogens is 190 g/mol. The summed E-state index contributed by atoms with van der Waals surface area (Å²) < 4.78 is 0. The topological polar surface area (TPSA) is 55.6 Å². The first-order chi connectivity index (χ1) is 7.26. The minimum Gasteiger partial charge on any atom is -0.317 e. The van der Waals surface area contributed by atoms with Crippen molar-refractivity contribution in [3.63, 3.8) is 0 Å². The Bertz CT molecular complexity index is 271. The van der Waals surface area contributed by atoms with E-state index in [9.17, 15) is 0 Å². The number of tetrazole rings is 1. The van der Waals surface area contributed by atoms with Crippen LogP contribution in [0.5, 0.6) is 0 Å². The molecule has 1 heterocycles. The third-order valence-electron chi connectivity index (χ3n) is 2.40. The summed E-state index contributed by atoms with van der Waals surface area (Å²) in [6, 6.07) is 0. The van der Waals surface area contributed by atoms with Crippen molar-refractivity contribution >= 4 is 0 Å². The van der Waals surface area contributed by atoms with Crippen molar-refractivity contribution in [2.24, 2.45) is 13.0 Å². The van der Waals surface area contributed by atoms with Gasteiger partial charge in [-0.3, -0.25) is 0 Å². The van der Waals surface area contributed by atoms with E-state index in [4.69, 9.17) is 0 Å². The second-order valence-corrected chi connectivity index (χ2v) is 3.86. The summed E-state index contributed by atoms with van der Waals surface area (Å²) >= 11 is 0. The molecule has 86 valence electrons. The zero-order valence-corrected chi connectivity index (χ0v) is 9.90. The average molecular weight is 211 g/mol. The molecule has 0 aliphatic rings. The highest BCUT2D eigenvalue weighted by Gasteiger charge is 2.11. The average Bonchev–Trinajstić information content (AvgIpc) is 2.61. The lowest BCUT2D eigenvalue weighted by Gasteiger charge is -2.13. The lowest BCUT2D eigenvalue weighted by Crippen LogP contribution is -2.24. The highest BCUT2D eigenvalue weighted by Crippen LogP contribution is 2.10. The summed E-state index contributed by atoms with van der Waals surface area (Å²) in [6.45, 7) is 6.41. The summed E-state index contributed by atoms with van der Waals surface area (Å²) in [6.07, 6.45) is 3.34. The zero-order valence-electron chi connectivity index (χ0n) is 9.90. The van der Waals surface area contributed by atoms with Gasteiger partial charge in [-0.15, -0.1) is 10.2 Å². The molecule has 0 fully saturated rings. The summed E-state index contributed by atoms with van der Waals surface area (Å²) in [5.41, 5.74) is 0. The Morgan fingerprint density at radius 2 is 2.20 bits per heavy atom. The number of nitrogens with zero attached hydrogens (tertiary/aromatic N) is 4. The van der Waals surface area contributed by atoms with Gasteiger partial charge in [0.1, 0.15) is 0 Å². The van der Waals surface area contributed by atoms with Gasteiger partial charge in [-0.25, -0.2) is 0 Å². The molecule has 5 heteroatoms. The first kappa shape index (κ1) is 12.1. The third-order valence-corrected chi connectivity index (χ3v) is 2.40. The lowest BCUT2D eigenvalue weighted by atomic mass is 9.99. The zero-order chi connectivity index (χ0) is 11.1. The molecule has 0 saturated heterocycles. The maximum Gasteiger partial charge on any atom is 0.175 e. The van der Waals surface area contributed by atoms with Gasteiger partial charge >= 0.3 is 0 Å². The molecule has 1 aromatic heterocycles. The highest BCUT2D eigenvalue weighted by atomic mass is 15.6. The monoisotopic (exact) mass is 211 g/mol. The molecule has 1 aromatic rings. The van der Waals surface area contributed by atoms with Crippen LogP contribution in [0, 0.1) is 5.92 Å².